The van der Waals surface area contributed by atoms with Crippen molar-refractivity contribution in [3.05, 3.63) is 0 Å². The molecule has 0 rings (SSSR count). The van der Waals surface area contributed by atoms with E-state index in [1.54, 1.807) is 14.2 Å². The van der Waals surface area contributed by atoms with Crippen molar-refractivity contribution in [1.82, 2.24) is 4.90 Å². The Morgan fingerprint density at radius 2 is 1.90 bits per heavy atom. The molecule has 0 fully saturated rings. The lowest BCUT2D eigenvalue weighted by Gasteiger charge is -2.11. The standard InChI is InChI=1S/C5H11NO2.C2H6/c1-5(7)6(2)4-8-3;1-2/h4H2,1-3H3;1-2H3. The number of hydrogen-bond acceptors (Lipinski definition) is 2. The van der Waals surface area contributed by atoms with E-state index in [2.05, 4.69) is 4.74 Å². The molecule has 0 unspecified atom stereocenters. The van der Waals surface area contributed by atoms with Crippen LogP contribution in [0.15, 0.2) is 0 Å². The topological polar surface area (TPSA) is 29.5 Å². The van der Waals surface area contributed by atoms with Gasteiger partial charge in [-0.1, -0.05) is 13.8 Å². The van der Waals surface area contributed by atoms with Gasteiger partial charge in [0.2, 0.25) is 5.91 Å². The van der Waals surface area contributed by atoms with Gasteiger partial charge in [-0.2, -0.15) is 0 Å². The number of rotatable bonds is 2. The van der Waals surface area contributed by atoms with Crippen molar-refractivity contribution < 1.29 is 9.53 Å². The number of methoxy groups -OCH3 is 1. The SMILES string of the molecule is CC.COCN(C)C(C)=O. The Morgan fingerprint density at radius 3 is 2.00 bits per heavy atom. The van der Waals surface area contributed by atoms with Crippen LogP contribution >= 0.6 is 0 Å². The zero-order chi connectivity index (χ0) is 8.57. The Balaban J connectivity index is 0. The third kappa shape index (κ3) is 7.43. The lowest BCUT2D eigenvalue weighted by molar-refractivity contribution is -0.131. The first-order valence-corrected chi connectivity index (χ1v) is 3.39. The fourth-order valence-corrected chi connectivity index (χ4v) is 0.285. The summed E-state index contributed by atoms with van der Waals surface area (Å²) in [4.78, 5) is 11.9. The molecule has 0 aliphatic heterocycles. The summed E-state index contributed by atoms with van der Waals surface area (Å²) < 4.78 is 4.67. The van der Waals surface area contributed by atoms with Crippen LogP contribution in [0.5, 0.6) is 0 Å². The first-order chi connectivity index (χ1) is 4.68. The van der Waals surface area contributed by atoms with Crippen LogP contribution < -0.4 is 0 Å². The van der Waals surface area contributed by atoms with E-state index in [1.807, 2.05) is 13.8 Å². The first kappa shape index (κ1) is 12.1. The van der Waals surface area contributed by atoms with Crippen LogP contribution in [0.25, 0.3) is 0 Å². The van der Waals surface area contributed by atoms with E-state index in [-0.39, 0.29) is 5.91 Å². The smallest absolute Gasteiger partial charge is 0.220 e. The Morgan fingerprint density at radius 1 is 1.50 bits per heavy atom. The summed E-state index contributed by atoms with van der Waals surface area (Å²) in [7, 11) is 3.24. The van der Waals surface area contributed by atoms with Crippen molar-refractivity contribution in [2.24, 2.45) is 0 Å². The highest BCUT2D eigenvalue weighted by molar-refractivity contribution is 5.72. The second-order valence-corrected chi connectivity index (χ2v) is 1.63. The molecule has 3 nitrogen and oxygen atoms in total. The number of carbonyl (C=O) groups excluding carboxylic acids is 1. The number of amides is 1. The number of ether oxygens (including phenoxy) is 1. The van der Waals surface area contributed by atoms with Crippen LogP contribution in [0.3, 0.4) is 0 Å². The molecule has 0 saturated carbocycles. The van der Waals surface area contributed by atoms with Crippen molar-refractivity contribution in [3.63, 3.8) is 0 Å². The summed E-state index contributed by atoms with van der Waals surface area (Å²) in [6, 6.07) is 0. The van der Waals surface area contributed by atoms with Crippen molar-refractivity contribution in [1.29, 1.82) is 0 Å². The summed E-state index contributed by atoms with van der Waals surface area (Å²) in [6.07, 6.45) is 0. The molecule has 0 aromatic heterocycles. The summed E-state index contributed by atoms with van der Waals surface area (Å²) in [5.74, 6) is 0.0202. The lowest BCUT2D eigenvalue weighted by Crippen LogP contribution is -2.25. The van der Waals surface area contributed by atoms with Crippen LogP contribution in [-0.2, 0) is 9.53 Å². The van der Waals surface area contributed by atoms with E-state index in [9.17, 15) is 4.79 Å². The number of nitrogens with zero attached hydrogens (tertiary/aromatic N) is 1. The van der Waals surface area contributed by atoms with Gasteiger partial charge in [0.15, 0.2) is 0 Å². The molecule has 62 valence electrons. The van der Waals surface area contributed by atoms with Gasteiger partial charge in [0.25, 0.3) is 0 Å². The molecule has 3 heteroatoms. The second-order valence-electron chi connectivity index (χ2n) is 1.63. The second kappa shape index (κ2) is 8.43. The van der Waals surface area contributed by atoms with Gasteiger partial charge in [0, 0.05) is 21.1 Å². The molecule has 0 aliphatic carbocycles. The van der Waals surface area contributed by atoms with E-state index in [4.69, 9.17) is 0 Å². The monoisotopic (exact) mass is 147 g/mol. The molecule has 0 radical (unpaired) electrons. The molecular formula is C7H17NO2. The van der Waals surface area contributed by atoms with Crippen molar-refractivity contribution in [2.45, 2.75) is 20.8 Å². The minimum Gasteiger partial charge on any atom is -0.364 e. The molecule has 0 aromatic rings. The Hall–Kier alpha value is -0.570. The molecule has 10 heavy (non-hydrogen) atoms. The van der Waals surface area contributed by atoms with Gasteiger partial charge in [-0.25, -0.2) is 0 Å². The van der Waals surface area contributed by atoms with E-state index >= 15 is 0 Å². The van der Waals surface area contributed by atoms with Crippen LogP contribution in [0.4, 0.5) is 0 Å². The van der Waals surface area contributed by atoms with E-state index in [0.29, 0.717) is 6.73 Å². The molecule has 0 atom stereocenters. The summed E-state index contributed by atoms with van der Waals surface area (Å²) in [5.41, 5.74) is 0. The molecule has 0 spiro atoms. The minimum atomic E-state index is 0.0202. The number of carbonyl (C=O) groups is 1. The van der Waals surface area contributed by atoms with Crippen molar-refractivity contribution in [3.8, 4) is 0 Å². The predicted molar refractivity (Wildman–Crippen MR) is 41.7 cm³/mol. The summed E-state index contributed by atoms with van der Waals surface area (Å²) >= 11 is 0. The minimum absolute atomic E-state index is 0.0202. The zero-order valence-corrected chi connectivity index (χ0v) is 7.47. The van der Waals surface area contributed by atoms with E-state index in [0.717, 1.165) is 0 Å². The molecule has 1 amide bonds. The van der Waals surface area contributed by atoms with Gasteiger partial charge < -0.3 is 9.64 Å². The molecule has 0 saturated heterocycles. The fourth-order valence-electron chi connectivity index (χ4n) is 0.285. The Labute approximate surface area is 63.0 Å². The zero-order valence-electron chi connectivity index (χ0n) is 7.47. The quantitative estimate of drug-likeness (QED) is 0.547. The molecule has 0 N–H and O–H groups in total. The van der Waals surface area contributed by atoms with Gasteiger partial charge in [-0.15, -0.1) is 0 Å². The highest BCUT2D eigenvalue weighted by Crippen LogP contribution is 1.80. The maximum Gasteiger partial charge on any atom is 0.220 e. The third-order valence-electron chi connectivity index (χ3n) is 0.860. The van der Waals surface area contributed by atoms with Crippen molar-refractivity contribution >= 4 is 5.91 Å². The maximum absolute atomic E-state index is 10.4. The van der Waals surface area contributed by atoms with Crippen LogP contribution in [0, 0.1) is 0 Å². The van der Waals surface area contributed by atoms with Crippen LogP contribution in [0.2, 0.25) is 0 Å². The normalized spacial score (nSPS) is 7.70. The molecule has 0 aromatic carbocycles. The average molecular weight is 147 g/mol. The van der Waals surface area contributed by atoms with Crippen LogP contribution in [-0.4, -0.2) is 31.7 Å². The van der Waals surface area contributed by atoms with Gasteiger partial charge in [-0.05, 0) is 0 Å². The number of hydrogen-bond donors (Lipinski definition) is 0. The lowest BCUT2D eigenvalue weighted by atomic mass is 10.6. The molecule has 0 aliphatic rings. The van der Waals surface area contributed by atoms with Crippen molar-refractivity contribution in [2.75, 3.05) is 20.9 Å². The summed E-state index contributed by atoms with van der Waals surface area (Å²) in [6.45, 7) is 5.87. The third-order valence-corrected chi connectivity index (χ3v) is 0.860. The first-order valence-electron chi connectivity index (χ1n) is 3.39. The predicted octanol–water partition coefficient (Wildman–Crippen LogP) is 1.09. The van der Waals surface area contributed by atoms with Gasteiger partial charge >= 0.3 is 0 Å². The Bertz CT molecular complexity index is 83.7. The highest BCUT2D eigenvalue weighted by atomic mass is 16.5. The van der Waals surface area contributed by atoms with E-state index in [1.165, 1.54) is 11.8 Å². The largest absolute Gasteiger partial charge is 0.364 e. The Kier molecular flexibility index (Phi) is 10.2. The molecule has 0 bridgehead atoms. The fraction of sp³-hybridized carbons (Fsp3) is 0.857. The average Bonchev–Trinajstić information content (AvgIpc) is 1.93. The summed E-state index contributed by atoms with van der Waals surface area (Å²) in [5, 5.41) is 0. The molecule has 0 heterocycles. The van der Waals surface area contributed by atoms with Gasteiger partial charge in [0.1, 0.15) is 6.73 Å². The maximum atomic E-state index is 10.4. The van der Waals surface area contributed by atoms with Crippen LogP contribution in [0.1, 0.15) is 20.8 Å². The van der Waals surface area contributed by atoms with Gasteiger partial charge in [0.05, 0.1) is 0 Å². The van der Waals surface area contributed by atoms with Gasteiger partial charge in [-0.3, -0.25) is 4.79 Å². The molecular weight excluding hydrogens is 130 g/mol. The highest BCUT2D eigenvalue weighted by Gasteiger charge is 1.97. The van der Waals surface area contributed by atoms with E-state index < -0.39 is 0 Å².